The van der Waals surface area contributed by atoms with Crippen LogP contribution in [-0.4, -0.2) is 36.8 Å². The molecule has 1 heterocycles. The maximum Gasteiger partial charge on any atom is 0.247 e. The van der Waals surface area contributed by atoms with Crippen molar-refractivity contribution in [3.05, 3.63) is 75.5 Å². The lowest BCUT2D eigenvalue weighted by atomic mass is 10.1. The van der Waals surface area contributed by atoms with E-state index in [9.17, 15) is 17.6 Å². The molecule has 1 amide bonds. The molecule has 1 saturated heterocycles. The van der Waals surface area contributed by atoms with Gasteiger partial charge in [0.05, 0.1) is 18.1 Å². The predicted molar refractivity (Wildman–Crippen MR) is 110 cm³/mol. The topological polar surface area (TPSA) is 54.5 Å². The Balaban J connectivity index is 1.90. The molecule has 1 fully saturated rings. The number of benzene rings is 2. The number of halogens is 3. The van der Waals surface area contributed by atoms with E-state index >= 15 is 0 Å². The van der Waals surface area contributed by atoms with Crippen molar-refractivity contribution in [2.24, 2.45) is 0 Å². The van der Waals surface area contributed by atoms with Crippen molar-refractivity contribution in [1.29, 1.82) is 0 Å². The lowest BCUT2D eigenvalue weighted by Crippen LogP contribution is -2.40. The van der Waals surface area contributed by atoms with Crippen LogP contribution in [-0.2, 0) is 21.2 Å². The van der Waals surface area contributed by atoms with Crippen LogP contribution in [0.4, 0.5) is 4.39 Å². The van der Waals surface area contributed by atoms with E-state index in [4.69, 9.17) is 23.2 Å². The van der Waals surface area contributed by atoms with Crippen molar-refractivity contribution in [3.63, 3.8) is 0 Å². The first-order valence-corrected chi connectivity index (χ1v) is 11.2. The molecule has 8 heteroatoms. The van der Waals surface area contributed by atoms with Crippen molar-refractivity contribution >= 4 is 45.0 Å². The van der Waals surface area contributed by atoms with Crippen molar-refractivity contribution in [1.82, 2.24) is 4.90 Å². The van der Waals surface area contributed by atoms with Crippen LogP contribution in [0.3, 0.4) is 0 Å². The average Bonchev–Trinajstić information content (AvgIpc) is 3.00. The molecular weight excluding hydrogens is 424 g/mol. The highest BCUT2D eigenvalue weighted by Gasteiger charge is 2.34. The molecule has 28 heavy (non-hydrogen) atoms. The molecule has 1 unspecified atom stereocenters. The Morgan fingerprint density at radius 3 is 2.50 bits per heavy atom. The largest absolute Gasteiger partial charge is 0.331 e. The van der Waals surface area contributed by atoms with Gasteiger partial charge in [-0.1, -0.05) is 47.5 Å². The van der Waals surface area contributed by atoms with Gasteiger partial charge in [0.1, 0.15) is 5.82 Å². The Bertz CT molecular complexity index is 1000. The minimum absolute atomic E-state index is 0.000673. The minimum atomic E-state index is -3.23. The minimum Gasteiger partial charge on any atom is -0.331 e. The maximum absolute atomic E-state index is 14.2. The fourth-order valence-corrected chi connectivity index (χ4v) is 5.28. The molecule has 0 N–H and O–H groups in total. The Morgan fingerprint density at radius 1 is 1.14 bits per heavy atom. The molecule has 4 nitrogen and oxygen atoms in total. The number of sulfone groups is 1. The van der Waals surface area contributed by atoms with E-state index in [1.165, 1.54) is 29.2 Å². The molecule has 148 valence electrons. The SMILES string of the molecule is O=C(/C=C/c1ccccc1Cl)N(Cc1c(F)cccc1Cl)C1CCS(=O)(=O)C1. The smallest absolute Gasteiger partial charge is 0.247 e. The Kier molecular flexibility index (Phi) is 6.43. The number of nitrogens with zero attached hydrogens (tertiary/aromatic N) is 1. The van der Waals surface area contributed by atoms with E-state index in [-0.39, 0.29) is 28.6 Å². The van der Waals surface area contributed by atoms with Crippen LogP contribution in [0.2, 0.25) is 10.0 Å². The Labute approximate surface area is 173 Å². The van der Waals surface area contributed by atoms with Gasteiger partial charge in [0.15, 0.2) is 9.84 Å². The summed E-state index contributed by atoms with van der Waals surface area (Å²) in [6.07, 6.45) is 3.19. The molecule has 0 aromatic heterocycles. The first-order valence-electron chi connectivity index (χ1n) is 8.63. The zero-order chi connectivity index (χ0) is 20.3. The number of carbonyl (C=O) groups excluding carboxylic acids is 1. The van der Waals surface area contributed by atoms with Crippen molar-refractivity contribution in [2.75, 3.05) is 11.5 Å². The molecule has 0 saturated carbocycles. The molecule has 3 rings (SSSR count). The van der Waals surface area contributed by atoms with Crippen LogP contribution in [0.1, 0.15) is 17.5 Å². The summed E-state index contributed by atoms with van der Waals surface area (Å²) in [5, 5.41) is 0.674. The highest BCUT2D eigenvalue weighted by atomic mass is 35.5. The number of carbonyl (C=O) groups is 1. The van der Waals surface area contributed by atoms with Gasteiger partial charge < -0.3 is 4.90 Å². The zero-order valence-electron chi connectivity index (χ0n) is 14.8. The van der Waals surface area contributed by atoms with Crippen LogP contribution in [0.5, 0.6) is 0 Å². The molecule has 1 atom stereocenters. The lowest BCUT2D eigenvalue weighted by Gasteiger charge is -2.28. The standard InChI is InChI=1S/C20H18Cl2FNO3S/c21-17-5-2-1-4-14(17)8-9-20(25)24(15-10-11-28(26,27)13-15)12-16-18(22)6-3-7-19(16)23/h1-9,15H,10-13H2/b9-8+. The third-order valence-corrected chi connectivity index (χ3v) is 7.08. The van der Waals surface area contributed by atoms with Gasteiger partial charge in [-0.3, -0.25) is 4.79 Å². The van der Waals surface area contributed by atoms with Crippen molar-refractivity contribution in [2.45, 2.75) is 19.0 Å². The van der Waals surface area contributed by atoms with Crippen LogP contribution >= 0.6 is 23.2 Å². The van der Waals surface area contributed by atoms with E-state index in [0.717, 1.165) is 0 Å². The lowest BCUT2D eigenvalue weighted by molar-refractivity contribution is -0.128. The van der Waals surface area contributed by atoms with Crippen molar-refractivity contribution < 1.29 is 17.6 Å². The quantitative estimate of drug-likeness (QED) is 0.647. The van der Waals surface area contributed by atoms with Gasteiger partial charge in [-0.15, -0.1) is 0 Å². The second-order valence-electron chi connectivity index (χ2n) is 6.58. The van der Waals surface area contributed by atoms with Crippen LogP contribution < -0.4 is 0 Å². The van der Waals surface area contributed by atoms with Gasteiger partial charge in [-0.25, -0.2) is 12.8 Å². The van der Waals surface area contributed by atoms with Gasteiger partial charge in [0.25, 0.3) is 0 Å². The Morgan fingerprint density at radius 2 is 1.86 bits per heavy atom. The van der Waals surface area contributed by atoms with Gasteiger partial charge in [-0.2, -0.15) is 0 Å². The number of rotatable bonds is 5. The first kappa shape index (κ1) is 20.8. The van der Waals surface area contributed by atoms with Crippen molar-refractivity contribution in [3.8, 4) is 0 Å². The van der Waals surface area contributed by atoms with Crippen LogP contribution in [0, 0.1) is 5.82 Å². The molecular formula is C20H18Cl2FNO3S. The van der Waals surface area contributed by atoms with E-state index in [0.29, 0.717) is 17.0 Å². The molecule has 0 aliphatic carbocycles. The van der Waals surface area contributed by atoms with Gasteiger partial charge in [0, 0.05) is 27.7 Å². The molecule has 0 spiro atoms. The van der Waals surface area contributed by atoms with Gasteiger partial charge in [0.2, 0.25) is 5.91 Å². The zero-order valence-corrected chi connectivity index (χ0v) is 17.1. The normalized spacial score (nSPS) is 18.5. The summed E-state index contributed by atoms with van der Waals surface area (Å²) in [5.74, 6) is -1.12. The maximum atomic E-state index is 14.2. The summed E-state index contributed by atoms with van der Waals surface area (Å²) in [6.45, 7) is -0.114. The molecule has 2 aromatic rings. The summed E-state index contributed by atoms with van der Waals surface area (Å²) in [7, 11) is -3.23. The second kappa shape index (κ2) is 8.64. The van der Waals surface area contributed by atoms with Gasteiger partial charge in [-0.05, 0) is 36.3 Å². The fourth-order valence-electron chi connectivity index (χ4n) is 3.13. The summed E-state index contributed by atoms with van der Waals surface area (Å²) < 4.78 is 38.1. The van der Waals surface area contributed by atoms with Gasteiger partial charge >= 0.3 is 0 Å². The summed E-state index contributed by atoms with van der Waals surface area (Å²) in [6, 6.07) is 10.8. The first-order chi connectivity index (χ1) is 13.3. The molecule has 0 bridgehead atoms. The number of hydrogen-bond acceptors (Lipinski definition) is 3. The second-order valence-corrected chi connectivity index (χ2v) is 9.62. The van der Waals surface area contributed by atoms with E-state index in [2.05, 4.69) is 0 Å². The van der Waals surface area contributed by atoms with Crippen LogP contribution in [0.25, 0.3) is 6.08 Å². The third kappa shape index (κ3) is 4.93. The Hall–Kier alpha value is -1.89. The summed E-state index contributed by atoms with van der Waals surface area (Å²) >= 11 is 12.2. The fraction of sp³-hybridized carbons (Fsp3) is 0.250. The van der Waals surface area contributed by atoms with E-state index < -0.39 is 27.6 Å². The average molecular weight is 442 g/mol. The number of hydrogen-bond donors (Lipinski definition) is 0. The highest BCUT2D eigenvalue weighted by Crippen LogP contribution is 2.26. The molecule has 1 aliphatic rings. The third-order valence-electron chi connectivity index (χ3n) is 4.63. The van der Waals surface area contributed by atoms with Crippen LogP contribution in [0.15, 0.2) is 48.5 Å². The highest BCUT2D eigenvalue weighted by molar-refractivity contribution is 7.91. The monoisotopic (exact) mass is 441 g/mol. The summed E-state index contributed by atoms with van der Waals surface area (Å²) in [5.41, 5.74) is 0.813. The molecule has 1 aliphatic heterocycles. The molecule has 2 aromatic carbocycles. The predicted octanol–water partition coefficient (Wildman–Crippen LogP) is 4.36. The molecule has 0 radical (unpaired) electrons. The number of amides is 1. The summed E-state index contributed by atoms with van der Waals surface area (Å²) in [4.78, 5) is 14.3. The van der Waals surface area contributed by atoms with E-state index in [1.54, 1.807) is 30.3 Å². The van der Waals surface area contributed by atoms with E-state index in [1.807, 2.05) is 0 Å².